The molecule has 0 heterocycles. The van der Waals surface area contributed by atoms with Gasteiger partial charge in [0.25, 0.3) is 0 Å². The Bertz CT molecular complexity index is 531. The number of rotatable bonds is 6. The summed E-state index contributed by atoms with van der Waals surface area (Å²) in [5.41, 5.74) is 6.61. The average Bonchev–Trinajstić information content (AvgIpc) is 2.48. The van der Waals surface area contributed by atoms with Gasteiger partial charge in [-0.25, -0.2) is 0 Å². The highest BCUT2D eigenvalue weighted by molar-refractivity contribution is 5.58. The van der Waals surface area contributed by atoms with Crippen molar-refractivity contribution in [1.29, 1.82) is 0 Å². The molecule has 0 saturated heterocycles. The zero-order chi connectivity index (χ0) is 16.4. The van der Waals surface area contributed by atoms with Gasteiger partial charge in [0.15, 0.2) is 0 Å². The van der Waals surface area contributed by atoms with Crippen LogP contribution in [0.15, 0.2) is 18.7 Å². The first-order valence-electron chi connectivity index (χ1n) is 9.12. The molecule has 0 atom stereocenters. The predicted molar refractivity (Wildman–Crippen MR) is 99.7 cm³/mol. The van der Waals surface area contributed by atoms with Gasteiger partial charge in [0.1, 0.15) is 0 Å². The Morgan fingerprint density at radius 1 is 0.955 bits per heavy atom. The van der Waals surface area contributed by atoms with Crippen molar-refractivity contribution in [2.45, 2.75) is 90.4 Å². The summed E-state index contributed by atoms with van der Waals surface area (Å²) in [6.45, 7) is 16.0. The second-order valence-corrected chi connectivity index (χ2v) is 8.38. The zero-order valence-corrected chi connectivity index (χ0v) is 15.4. The first-order chi connectivity index (χ1) is 10.3. The Hall–Kier alpha value is -1.04. The van der Waals surface area contributed by atoms with Gasteiger partial charge in [0.05, 0.1) is 0 Å². The number of fused-ring (bicyclic) bond motifs is 1. The number of hydrogen-bond donors (Lipinski definition) is 0. The van der Waals surface area contributed by atoms with Crippen LogP contribution in [0.25, 0.3) is 6.08 Å². The molecule has 1 aromatic carbocycles. The maximum atomic E-state index is 4.07. The van der Waals surface area contributed by atoms with E-state index in [1.807, 2.05) is 0 Å². The molecule has 1 aliphatic carbocycles. The van der Waals surface area contributed by atoms with Crippen LogP contribution in [-0.4, -0.2) is 0 Å². The molecule has 0 aliphatic heterocycles. The van der Waals surface area contributed by atoms with Crippen LogP contribution < -0.4 is 0 Å². The molecule has 0 unspecified atom stereocenters. The minimum absolute atomic E-state index is 0.295. The van der Waals surface area contributed by atoms with Crippen molar-refractivity contribution in [2.75, 3.05) is 0 Å². The molecular weight excluding hydrogens is 264 g/mol. The Kier molecular flexibility index (Phi) is 5.20. The molecule has 0 radical (unpaired) electrons. The van der Waals surface area contributed by atoms with Gasteiger partial charge in [0, 0.05) is 0 Å². The monoisotopic (exact) mass is 298 g/mol. The van der Waals surface area contributed by atoms with Crippen molar-refractivity contribution < 1.29 is 0 Å². The smallest absolute Gasteiger partial charge is 0.0100 e. The highest BCUT2D eigenvalue weighted by Crippen LogP contribution is 2.46. The van der Waals surface area contributed by atoms with Crippen molar-refractivity contribution >= 4 is 6.08 Å². The van der Waals surface area contributed by atoms with Crippen LogP contribution in [0.1, 0.15) is 95.4 Å². The maximum Gasteiger partial charge on any atom is -0.0100 e. The summed E-state index contributed by atoms with van der Waals surface area (Å²) in [6, 6.07) is 4.96. The zero-order valence-electron chi connectivity index (χ0n) is 15.4. The topological polar surface area (TPSA) is 0 Å². The number of aryl methyl sites for hydroxylation is 1. The van der Waals surface area contributed by atoms with Crippen molar-refractivity contribution in [1.82, 2.24) is 0 Å². The first-order valence-corrected chi connectivity index (χ1v) is 9.12. The largest absolute Gasteiger partial charge is 0.0985 e. The SMILES string of the molecule is C=Cc1cc2c(cc1CCCCCC)C(C)(C)CCC2(C)C. The van der Waals surface area contributed by atoms with Crippen LogP contribution >= 0.6 is 0 Å². The standard InChI is InChI=1S/C22H34/c1-7-9-10-11-12-18-16-20-19(15-17(18)8-2)21(3,4)13-14-22(20,5)6/h8,15-16H,2,7,9-14H2,1,3-6H3. The van der Waals surface area contributed by atoms with E-state index in [2.05, 4.69) is 59.4 Å². The molecule has 0 saturated carbocycles. The molecule has 1 aliphatic rings. The van der Waals surface area contributed by atoms with Gasteiger partial charge in [-0.15, -0.1) is 0 Å². The highest BCUT2D eigenvalue weighted by atomic mass is 14.4. The molecule has 122 valence electrons. The molecule has 0 aromatic heterocycles. The van der Waals surface area contributed by atoms with Gasteiger partial charge in [0.2, 0.25) is 0 Å². The Morgan fingerprint density at radius 3 is 2.09 bits per heavy atom. The molecule has 0 bridgehead atoms. The van der Waals surface area contributed by atoms with E-state index in [1.54, 1.807) is 11.1 Å². The minimum Gasteiger partial charge on any atom is -0.0985 e. The molecule has 2 rings (SSSR count). The van der Waals surface area contributed by atoms with Crippen LogP contribution in [0.3, 0.4) is 0 Å². The second kappa shape index (κ2) is 6.60. The summed E-state index contributed by atoms with van der Waals surface area (Å²) in [7, 11) is 0. The molecule has 0 fully saturated rings. The Balaban J connectivity index is 2.38. The molecule has 0 nitrogen and oxygen atoms in total. The lowest BCUT2D eigenvalue weighted by molar-refractivity contribution is 0.331. The highest BCUT2D eigenvalue weighted by Gasteiger charge is 2.37. The van der Waals surface area contributed by atoms with E-state index in [0.717, 1.165) is 0 Å². The number of benzene rings is 1. The number of hydrogen-bond acceptors (Lipinski definition) is 0. The fraction of sp³-hybridized carbons (Fsp3) is 0.636. The van der Waals surface area contributed by atoms with Gasteiger partial charge in [-0.1, -0.05) is 78.7 Å². The lowest BCUT2D eigenvalue weighted by Gasteiger charge is -2.42. The molecule has 22 heavy (non-hydrogen) atoms. The summed E-state index contributed by atoms with van der Waals surface area (Å²) in [5.74, 6) is 0. The Labute approximate surface area is 138 Å². The lowest BCUT2D eigenvalue weighted by Crippen LogP contribution is -2.34. The molecular formula is C22H34. The predicted octanol–water partition coefficient (Wildman–Crippen LogP) is 6.80. The van der Waals surface area contributed by atoms with Crippen molar-refractivity contribution in [2.24, 2.45) is 0 Å². The minimum atomic E-state index is 0.295. The second-order valence-electron chi connectivity index (χ2n) is 8.38. The Morgan fingerprint density at radius 2 is 1.55 bits per heavy atom. The van der Waals surface area contributed by atoms with E-state index in [0.29, 0.717) is 10.8 Å². The third-order valence-corrected chi connectivity index (χ3v) is 5.63. The molecule has 0 spiro atoms. The van der Waals surface area contributed by atoms with E-state index in [9.17, 15) is 0 Å². The lowest BCUT2D eigenvalue weighted by atomic mass is 9.62. The van der Waals surface area contributed by atoms with Crippen LogP contribution in [0, 0.1) is 0 Å². The number of unbranched alkanes of at least 4 members (excludes halogenated alkanes) is 3. The van der Waals surface area contributed by atoms with Crippen molar-refractivity contribution in [3.63, 3.8) is 0 Å². The van der Waals surface area contributed by atoms with Crippen LogP contribution in [0.5, 0.6) is 0 Å². The van der Waals surface area contributed by atoms with E-state index < -0.39 is 0 Å². The van der Waals surface area contributed by atoms with Crippen molar-refractivity contribution in [3.8, 4) is 0 Å². The van der Waals surface area contributed by atoms with Crippen LogP contribution in [0.4, 0.5) is 0 Å². The fourth-order valence-electron chi connectivity index (χ4n) is 3.82. The molecule has 0 amide bonds. The van der Waals surface area contributed by atoms with Gasteiger partial charge >= 0.3 is 0 Å². The molecule has 0 heteroatoms. The third-order valence-electron chi connectivity index (χ3n) is 5.63. The summed E-state index contributed by atoms with van der Waals surface area (Å²) < 4.78 is 0. The third kappa shape index (κ3) is 3.47. The fourth-order valence-corrected chi connectivity index (χ4v) is 3.82. The van der Waals surface area contributed by atoms with Gasteiger partial charge < -0.3 is 0 Å². The summed E-state index contributed by atoms with van der Waals surface area (Å²) >= 11 is 0. The summed E-state index contributed by atoms with van der Waals surface area (Å²) in [6.07, 6.45) is 11.1. The van der Waals surface area contributed by atoms with E-state index in [-0.39, 0.29) is 0 Å². The van der Waals surface area contributed by atoms with E-state index in [1.165, 1.54) is 56.1 Å². The van der Waals surface area contributed by atoms with Crippen LogP contribution in [0.2, 0.25) is 0 Å². The average molecular weight is 299 g/mol. The first kappa shape index (κ1) is 17.3. The quantitative estimate of drug-likeness (QED) is 0.506. The van der Waals surface area contributed by atoms with Crippen molar-refractivity contribution in [3.05, 3.63) is 41.0 Å². The summed E-state index contributed by atoms with van der Waals surface area (Å²) in [4.78, 5) is 0. The summed E-state index contributed by atoms with van der Waals surface area (Å²) in [5, 5.41) is 0. The van der Waals surface area contributed by atoms with E-state index >= 15 is 0 Å². The molecule has 0 N–H and O–H groups in total. The van der Waals surface area contributed by atoms with E-state index in [4.69, 9.17) is 0 Å². The van der Waals surface area contributed by atoms with Crippen LogP contribution in [-0.2, 0) is 17.3 Å². The normalized spacial score (nSPS) is 18.8. The maximum absolute atomic E-state index is 4.07. The van der Waals surface area contributed by atoms with Gasteiger partial charge in [-0.2, -0.15) is 0 Å². The van der Waals surface area contributed by atoms with Gasteiger partial charge in [-0.05, 0) is 58.8 Å². The van der Waals surface area contributed by atoms with Gasteiger partial charge in [-0.3, -0.25) is 0 Å². The molecule has 1 aromatic rings.